The van der Waals surface area contributed by atoms with Crippen molar-refractivity contribution < 1.29 is 4.79 Å². The first-order valence-corrected chi connectivity index (χ1v) is 6.52. The smallest absolute Gasteiger partial charge is 0.136 e. The van der Waals surface area contributed by atoms with Crippen LogP contribution in [0.3, 0.4) is 0 Å². The lowest BCUT2D eigenvalue weighted by atomic mass is 9.72. The number of carbonyl (C=O) groups is 1. The number of aldehydes is 1. The van der Waals surface area contributed by atoms with Crippen molar-refractivity contribution in [1.82, 2.24) is 5.32 Å². The molecular formula is C13H23NO. The van der Waals surface area contributed by atoms with Gasteiger partial charge >= 0.3 is 0 Å². The van der Waals surface area contributed by atoms with Crippen LogP contribution in [0.4, 0.5) is 0 Å². The van der Waals surface area contributed by atoms with Gasteiger partial charge in [0.2, 0.25) is 0 Å². The van der Waals surface area contributed by atoms with E-state index in [0.29, 0.717) is 6.04 Å². The maximum Gasteiger partial charge on any atom is 0.136 e. The Morgan fingerprint density at radius 1 is 1.13 bits per heavy atom. The summed E-state index contributed by atoms with van der Waals surface area (Å²) in [5.41, 5.74) is 0. The third-order valence-corrected chi connectivity index (χ3v) is 4.31. The van der Waals surface area contributed by atoms with E-state index in [4.69, 9.17) is 0 Å². The Labute approximate surface area is 92.8 Å². The lowest BCUT2D eigenvalue weighted by Gasteiger charge is -2.41. The largest absolute Gasteiger partial charge is 0.305 e. The van der Waals surface area contributed by atoms with Crippen LogP contribution in [-0.4, -0.2) is 18.4 Å². The van der Waals surface area contributed by atoms with Crippen molar-refractivity contribution in [2.45, 2.75) is 64.0 Å². The minimum absolute atomic E-state index is 0.126. The first-order valence-electron chi connectivity index (χ1n) is 6.52. The zero-order valence-corrected chi connectivity index (χ0v) is 9.74. The molecule has 2 nitrogen and oxygen atoms in total. The van der Waals surface area contributed by atoms with Gasteiger partial charge in [-0.25, -0.2) is 0 Å². The summed E-state index contributed by atoms with van der Waals surface area (Å²) < 4.78 is 0. The third-order valence-electron chi connectivity index (χ3n) is 4.31. The Bertz CT molecular complexity index is 217. The molecule has 1 heterocycles. The van der Waals surface area contributed by atoms with E-state index in [0.717, 1.165) is 24.5 Å². The second-order valence-corrected chi connectivity index (χ2v) is 5.35. The summed E-state index contributed by atoms with van der Waals surface area (Å²) in [6.45, 7) is 2.26. The van der Waals surface area contributed by atoms with Crippen molar-refractivity contribution >= 4 is 6.29 Å². The minimum atomic E-state index is 0.126. The highest BCUT2D eigenvalue weighted by Crippen LogP contribution is 2.36. The van der Waals surface area contributed by atoms with Crippen LogP contribution in [0, 0.1) is 11.8 Å². The molecule has 0 aromatic rings. The van der Waals surface area contributed by atoms with Crippen molar-refractivity contribution in [3.05, 3.63) is 0 Å². The first kappa shape index (κ1) is 11.1. The Kier molecular flexibility index (Phi) is 3.79. The lowest BCUT2D eigenvalue weighted by molar-refractivity contribution is -0.111. The molecule has 15 heavy (non-hydrogen) atoms. The van der Waals surface area contributed by atoms with Crippen LogP contribution < -0.4 is 5.32 Å². The Morgan fingerprint density at radius 3 is 2.60 bits per heavy atom. The van der Waals surface area contributed by atoms with Crippen molar-refractivity contribution in [3.8, 4) is 0 Å². The molecule has 2 fully saturated rings. The van der Waals surface area contributed by atoms with E-state index in [2.05, 4.69) is 12.2 Å². The lowest BCUT2D eigenvalue weighted by Crippen LogP contribution is -2.51. The average molecular weight is 209 g/mol. The van der Waals surface area contributed by atoms with Crippen LogP contribution in [0.15, 0.2) is 0 Å². The monoisotopic (exact) mass is 209 g/mol. The van der Waals surface area contributed by atoms with E-state index in [1.807, 2.05) is 0 Å². The van der Waals surface area contributed by atoms with Crippen LogP contribution in [-0.2, 0) is 4.79 Å². The molecule has 0 amide bonds. The topological polar surface area (TPSA) is 29.1 Å². The molecule has 0 bridgehead atoms. The predicted molar refractivity (Wildman–Crippen MR) is 61.7 cm³/mol. The highest BCUT2D eigenvalue weighted by Gasteiger charge is 2.34. The number of hydrogen-bond donors (Lipinski definition) is 1. The van der Waals surface area contributed by atoms with E-state index in [9.17, 15) is 4.79 Å². The number of nitrogens with one attached hydrogen (secondary N) is 1. The molecule has 0 radical (unpaired) electrons. The summed E-state index contributed by atoms with van der Waals surface area (Å²) in [5, 5.41) is 3.45. The molecule has 1 N–H and O–H groups in total. The van der Waals surface area contributed by atoms with Gasteiger partial charge < -0.3 is 10.1 Å². The summed E-state index contributed by atoms with van der Waals surface area (Å²) in [4.78, 5) is 10.9. The predicted octanol–water partition coefficient (Wildman–Crippen LogP) is 2.52. The zero-order valence-electron chi connectivity index (χ0n) is 9.74. The molecule has 86 valence electrons. The van der Waals surface area contributed by atoms with Crippen LogP contribution in [0.2, 0.25) is 0 Å². The molecule has 1 saturated carbocycles. The van der Waals surface area contributed by atoms with Gasteiger partial charge in [0.15, 0.2) is 0 Å². The van der Waals surface area contributed by atoms with Crippen LogP contribution in [0.25, 0.3) is 0 Å². The number of piperidine rings is 1. The van der Waals surface area contributed by atoms with Gasteiger partial charge in [-0.3, -0.25) is 0 Å². The Hall–Kier alpha value is -0.370. The normalized spacial score (nSPS) is 42.5. The zero-order chi connectivity index (χ0) is 10.7. The SMILES string of the molecule is CC1NC(C=O)CC2CCCCCCC21. The fraction of sp³-hybridized carbons (Fsp3) is 0.923. The Balaban J connectivity index is 2.01. The fourth-order valence-electron chi connectivity index (χ4n) is 3.49. The molecule has 0 aromatic heterocycles. The molecule has 1 aliphatic heterocycles. The summed E-state index contributed by atoms with van der Waals surface area (Å²) in [6.07, 6.45) is 10.5. The fourth-order valence-corrected chi connectivity index (χ4v) is 3.49. The van der Waals surface area contributed by atoms with E-state index < -0.39 is 0 Å². The molecule has 0 spiro atoms. The third kappa shape index (κ3) is 2.60. The molecule has 2 aliphatic rings. The van der Waals surface area contributed by atoms with Gasteiger partial charge in [0.25, 0.3) is 0 Å². The molecule has 4 atom stereocenters. The molecule has 2 heteroatoms. The van der Waals surface area contributed by atoms with Crippen LogP contribution in [0.1, 0.15) is 51.9 Å². The van der Waals surface area contributed by atoms with Crippen molar-refractivity contribution in [2.75, 3.05) is 0 Å². The number of carbonyl (C=O) groups excluding carboxylic acids is 1. The quantitative estimate of drug-likeness (QED) is 0.672. The van der Waals surface area contributed by atoms with Crippen molar-refractivity contribution in [1.29, 1.82) is 0 Å². The minimum Gasteiger partial charge on any atom is -0.305 e. The molecule has 4 unspecified atom stereocenters. The summed E-state index contributed by atoms with van der Waals surface area (Å²) in [6, 6.07) is 0.665. The standard InChI is InChI=1S/C13H23NO/c1-10-13-7-5-3-2-4-6-11(13)8-12(9-15)14-10/h9-14H,2-8H2,1H3. The molecule has 2 rings (SSSR count). The van der Waals surface area contributed by atoms with E-state index in [-0.39, 0.29) is 6.04 Å². The maximum atomic E-state index is 10.9. The molecule has 1 aliphatic carbocycles. The van der Waals surface area contributed by atoms with Crippen molar-refractivity contribution in [2.24, 2.45) is 11.8 Å². The van der Waals surface area contributed by atoms with Crippen molar-refractivity contribution in [3.63, 3.8) is 0 Å². The highest BCUT2D eigenvalue weighted by molar-refractivity contribution is 5.57. The van der Waals surface area contributed by atoms with Gasteiger partial charge in [0.1, 0.15) is 6.29 Å². The van der Waals surface area contributed by atoms with Gasteiger partial charge in [-0.05, 0) is 31.6 Å². The summed E-state index contributed by atoms with van der Waals surface area (Å²) >= 11 is 0. The second-order valence-electron chi connectivity index (χ2n) is 5.35. The van der Waals surface area contributed by atoms with E-state index in [1.54, 1.807) is 0 Å². The first-order chi connectivity index (χ1) is 7.31. The molecular weight excluding hydrogens is 186 g/mol. The van der Waals surface area contributed by atoms with Crippen LogP contribution >= 0.6 is 0 Å². The van der Waals surface area contributed by atoms with Gasteiger partial charge in [-0.15, -0.1) is 0 Å². The van der Waals surface area contributed by atoms with Gasteiger partial charge in [-0.1, -0.05) is 32.1 Å². The van der Waals surface area contributed by atoms with Crippen LogP contribution in [0.5, 0.6) is 0 Å². The maximum absolute atomic E-state index is 10.9. The van der Waals surface area contributed by atoms with E-state index >= 15 is 0 Å². The number of fused-ring (bicyclic) bond motifs is 1. The van der Waals surface area contributed by atoms with Gasteiger partial charge in [-0.2, -0.15) is 0 Å². The molecule has 0 aromatic carbocycles. The average Bonchev–Trinajstić information content (AvgIpc) is 2.19. The van der Waals surface area contributed by atoms with E-state index in [1.165, 1.54) is 38.5 Å². The Morgan fingerprint density at radius 2 is 1.87 bits per heavy atom. The summed E-state index contributed by atoms with van der Waals surface area (Å²) in [7, 11) is 0. The number of hydrogen-bond acceptors (Lipinski definition) is 2. The highest BCUT2D eigenvalue weighted by atomic mass is 16.1. The summed E-state index contributed by atoms with van der Waals surface area (Å²) in [5.74, 6) is 1.62. The number of rotatable bonds is 1. The second kappa shape index (κ2) is 5.11. The van der Waals surface area contributed by atoms with Gasteiger partial charge in [0.05, 0.1) is 6.04 Å². The van der Waals surface area contributed by atoms with Gasteiger partial charge in [0, 0.05) is 6.04 Å². The molecule has 1 saturated heterocycles.